The van der Waals surface area contributed by atoms with Gasteiger partial charge >= 0.3 is 6.18 Å². The SMILES string of the molecule is CCC(=O)N1CCN(c2cc(NCC(O)c3ccc(C(F)(F)F)cc3)ncn2)C[C@H]1C. The molecule has 1 aromatic heterocycles. The zero-order valence-electron chi connectivity index (χ0n) is 17.4. The van der Waals surface area contributed by atoms with Gasteiger partial charge in [0.05, 0.1) is 11.7 Å². The molecule has 2 atom stereocenters. The topological polar surface area (TPSA) is 81.6 Å². The van der Waals surface area contributed by atoms with Gasteiger partial charge in [0.25, 0.3) is 0 Å². The quantitative estimate of drug-likeness (QED) is 0.723. The van der Waals surface area contributed by atoms with Gasteiger partial charge in [0.15, 0.2) is 0 Å². The van der Waals surface area contributed by atoms with Crippen molar-refractivity contribution >= 4 is 17.5 Å². The van der Waals surface area contributed by atoms with Crippen molar-refractivity contribution < 1.29 is 23.1 Å². The number of carbonyl (C=O) groups excluding carboxylic acids is 1. The maximum absolute atomic E-state index is 12.7. The van der Waals surface area contributed by atoms with Crippen molar-refractivity contribution in [3.63, 3.8) is 0 Å². The van der Waals surface area contributed by atoms with Crippen LogP contribution >= 0.6 is 0 Å². The highest BCUT2D eigenvalue weighted by Crippen LogP contribution is 2.30. The average molecular weight is 437 g/mol. The van der Waals surface area contributed by atoms with Gasteiger partial charge in [-0.1, -0.05) is 19.1 Å². The first kappa shape index (κ1) is 22.8. The number of carbonyl (C=O) groups is 1. The predicted molar refractivity (Wildman–Crippen MR) is 111 cm³/mol. The molecule has 10 heteroatoms. The number of piperazine rings is 1. The van der Waals surface area contributed by atoms with Crippen molar-refractivity contribution in [3.05, 3.63) is 47.8 Å². The molecular weight excluding hydrogens is 411 g/mol. The minimum atomic E-state index is -4.41. The van der Waals surface area contributed by atoms with Crippen LogP contribution in [0.4, 0.5) is 24.8 Å². The molecule has 2 heterocycles. The number of aliphatic hydroxyl groups excluding tert-OH is 1. The van der Waals surface area contributed by atoms with Gasteiger partial charge in [0.2, 0.25) is 5.91 Å². The first-order valence-electron chi connectivity index (χ1n) is 10.1. The number of nitrogens with zero attached hydrogens (tertiary/aromatic N) is 4. The van der Waals surface area contributed by atoms with Crippen LogP contribution in [0.15, 0.2) is 36.7 Å². The van der Waals surface area contributed by atoms with Gasteiger partial charge in [-0.25, -0.2) is 9.97 Å². The fraction of sp³-hybridized carbons (Fsp3) is 0.476. The fourth-order valence-electron chi connectivity index (χ4n) is 3.57. The molecule has 0 aliphatic carbocycles. The molecule has 1 saturated heterocycles. The summed E-state index contributed by atoms with van der Waals surface area (Å²) in [5, 5.41) is 13.3. The van der Waals surface area contributed by atoms with Crippen LogP contribution in [0.25, 0.3) is 0 Å². The van der Waals surface area contributed by atoms with Crippen LogP contribution in [0.3, 0.4) is 0 Å². The van der Waals surface area contributed by atoms with E-state index in [1.165, 1.54) is 18.5 Å². The molecule has 0 saturated carbocycles. The molecule has 168 valence electrons. The molecule has 2 aromatic rings. The molecule has 0 bridgehead atoms. The molecule has 1 aliphatic rings. The van der Waals surface area contributed by atoms with E-state index >= 15 is 0 Å². The lowest BCUT2D eigenvalue weighted by atomic mass is 10.1. The number of hydrogen-bond donors (Lipinski definition) is 2. The summed E-state index contributed by atoms with van der Waals surface area (Å²) in [4.78, 5) is 24.4. The summed E-state index contributed by atoms with van der Waals surface area (Å²) in [5.41, 5.74) is -0.382. The van der Waals surface area contributed by atoms with Crippen molar-refractivity contribution in [2.75, 3.05) is 36.4 Å². The smallest absolute Gasteiger partial charge is 0.387 e. The van der Waals surface area contributed by atoms with E-state index in [9.17, 15) is 23.1 Å². The molecule has 0 spiro atoms. The zero-order valence-corrected chi connectivity index (χ0v) is 17.4. The Balaban J connectivity index is 1.59. The average Bonchev–Trinajstić information content (AvgIpc) is 2.76. The third kappa shape index (κ3) is 5.63. The molecule has 1 fully saturated rings. The first-order chi connectivity index (χ1) is 14.7. The number of nitrogens with one attached hydrogen (secondary N) is 1. The molecule has 1 aliphatic heterocycles. The Morgan fingerprint density at radius 2 is 1.97 bits per heavy atom. The van der Waals surface area contributed by atoms with Crippen LogP contribution in [0.2, 0.25) is 0 Å². The van der Waals surface area contributed by atoms with Crippen LogP contribution in [-0.2, 0) is 11.0 Å². The normalized spacial score (nSPS) is 18.1. The third-order valence-electron chi connectivity index (χ3n) is 5.33. The minimum Gasteiger partial charge on any atom is -0.387 e. The second kappa shape index (κ2) is 9.51. The Hall–Kier alpha value is -2.88. The van der Waals surface area contributed by atoms with Crippen LogP contribution in [0, 0.1) is 0 Å². The van der Waals surface area contributed by atoms with Crippen molar-refractivity contribution in [1.82, 2.24) is 14.9 Å². The molecule has 3 rings (SSSR count). The molecule has 0 radical (unpaired) electrons. The Kier molecular flexibility index (Phi) is 6.99. The second-order valence-electron chi connectivity index (χ2n) is 7.51. The standard InChI is InChI=1S/C21H26F3N5O2/c1-3-20(31)29-9-8-28(12-14(29)2)19-10-18(26-13-27-19)25-11-17(30)15-4-6-16(7-5-15)21(22,23)24/h4-7,10,13-14,17,30H,3,8-9,11-12H2,1-2H3,(H,25,26,27)/t14-,17?/m1/s1. The van der Waals surface area contributed by atoms with Gasteiger partial charge in [0, 0.05) is 44.7 Å². The summed E-state index contributed by atoms with van der Waals surface area (Å²) >= 11 is 0. The van der Waals surface area contributed by atoms with Crippen LogP contribution in [0.5, 0.6) is 0 Å². The number of rotatable bonds is 6. The van der Waals surface area contributed by atoms with E-state index in [0.717, 1.165) is 12.1 Å². The van der Waals surface area contributed by atoms with Crippen LogP contribution in [-0.4, -0.2) is 58.1 Å². The molecule has 1 aromatic carbocycles. The Morgan fingerprint density at radius 3 is 2.58 bits per heavy atom. The monoisotopic (exact) mass is 437 g/mol. The maximum atomic E-state index is 12.7. The number of aliphatic hydroxyl groups is 1. The number of anilines is 2. The van der Waals surface area contributed by atoms with Gasteiger partial charge in [-0.2, -0.15) is 13.2 Å². The van der Waals surface area contributed by atoms with Gasteiger partial charge in [-0.3, -0.25) is 4.79 Å². The number of aromatic nitrogens is 2. The van der Waals surface area contributed by atoms with Crippen molar-refractivity contribution in [1.29, 1.82) is 0 Å². The van der Waals surface area contributed by atoms with E-state index in [0.29, 0.717) is 43.3 Å². The number of alkyl halides is 3. The third-order valence-corrected chi connectivity index (χ3v) is 5.33. The highest BCUT2D eigenvalue weighted by Gasteiger charge is 2.30. The number of benzene rings is 1. The van der Waals surface area contributed by atoms with E-state index in [-0.39, 0.29) is 18.5 Å². The van der Waals surface area contributed by atoms with E-state index in [1.54, 1.807) is 6.07 Å². The summed E-state index contributed by atoms with van der Waals surface area (Å²) < 4.78 is 38.0. The van der Waals surface area contributed by atoms with Crippen molar-refractivity contribution in [2.24, 2.45) is 0 Å². The molecule has 1 unspecified atom stereocenters. The first-order valence-corrected chi connectivity index (χ1v) is 10.1. The van der Waals surface area contributed by atoms with Crippen LogP contribution in [0.1, 0.15) is 37.5 Å². The van der Waals surface area contributed by atoms with Crippen molar-refractivity contribution in [3.8, 4) is 0 Å². The van der Waals surface area contributed by atoms with E-state index < -0.39 is 17.8 Å². The lowest BCUT2D eigenvalue weighted by Gasteiger charge is -2.40. The summed E-state index contributed by atoms with van der Waals surface area (Å²) in [6, 6.07) is 6.24. The predicted octanol–water partition coefficient (Wildman–Crippen LogP) is 3.09. The molecule has 1 amide bonds. The van der Waals surface area contributed by atoms with Crippen molar-refractivity contribution in [2.45, 2.75) is 38.6 Å². The fourth-order valence-corrected chi connectivity index (χ4v) is 3.57. The molecular formula is C21H26F3N5O2. The summed E-state index contributed by atoms with van der Waals surface area (Å²) in [5.74, 6) is 1.34. The summed E-state index contributed by atoms with van der Waals surface area (Å²) in [6.07, 6.45) is -3.51. The van der Waals surface area contributed by atoms with Gasteiger partial charge in [-0.15, -0.1) is 0 Å². The Labute approximate surface area is 178 Å². The largest absolute Gasteiger partial charge is 0.416 e. The number of halogens is 3. The molecule has 31 heavy (non-hydrogen) atoms. The molecule has 7 nitrogen and oxygen atoms in total. The van der Waals surface area contributed by atoms with E-state index in [2.05, 4.69) is 20.2 Å². The lowest BCUT2D eigenvalue weighted by Crippen LogP contribution is -2.54. The second-order valence-corrected chi connectivity index (χ2v) is 7.51. The Bertz CT molecular complexity index is 891. The number of amides is 1. The lowest BCUT2D eigenvalue weighted by molar-refractivity contribution is -0.137. The zero-order chi connectivity index (χ0) is 22.6. The maximum Gasteiger partial charge on any atom is 0.416 e. The minimum absolute atomic E-state index is 0.0640. The molecule has 2 N–H and O–H groups in total. The summed E-state index contributed by atoms with van der Waals surface area (Å²) in [6.45, 7) is 5.85. The Morgan fingerprint density at radius 1 is 1.26 bits per heavy atom. The highest BCUT2D eigenvalue weighted by atomic mass is 19.4. The van der Waals surface area contributed by atoms with Gasteiger partial charge < -0.3 is 20.2 Å². The summed E-state index contributed by atoms with van der Waals surface area (Å²) in [7, 11) is 0. The van der Waals surface area contributed by atoms with E-state index in [1.807, 2.05) is 18.7 Å². The highest BCUT2D eigenvalue weighted by molar-refractivity contribution is 5.76. The van der Waals surface area contributed by atoms with Crippen LogP contribution < -0.4 is 10.2 Å². The number of hydrogen-bond acceptors (Lipinski definition) is 6. The van der Waals surface area contributed by atoms with E-state index in [4.69, 9.17) is 0 Å². The van der Waals surface area contributed by atoms with Gasteiger partial charge in [-0.05, 0) is 24.6 Å². The van der Waals surface area contributed by atoms with Gasteiger partial charge in [0.1, 0.15) is 18.0 Å².